The van der Waals surface area contributed by atoms with Crippen molar-refractivity contribution in [1.82, 2.24) is 29.7 Å². The van der Waals surface area contributed by atoms with Gasteiger partial charge in [-0.1, -0.05) is 6.07 Å². The number of amides is 1. The van der Waals surface area contributed by atoms with Crippen molar-refractivity contribution < 1.29 is 4.79 Å². The molecule has 1 aliphatic rings. The molecule has 0 unspecified atom stereocenters. The number of carbonyl (C=O) groups is 1. The van der Waals surface area contributed by atoms with Gasteiger partial charge in [0.05, 0.1) is 0 Å². The Kier molecular flexibility index (Phi) is 4.28. The van der Waals surface area contributed by atoms with Crippen molar-refractivity contribution >= 4 is 11.7 Å². The predicted molar refractivity (Wildman–Crippen MR) is 107 cm³/mol. The summed E-state index contributed by atoms with van der Waals surface area (Å²) in [7, 11) is 0. The van der Waals surface area contributed by atoms with E-state index in [9.17, 15) is 4.79 Å². The second-order valence-corrected chi connectivity index (χ2v) is 6.85. The monoisotopic (exact) mass is 383 g/mol. The van der Waals surface area contributed by atoms with Crippen molar-refractivity contribution in [2.75, 3.05) is 5.32 Å². The smallest absolute Gasteiger partial charge is 0.275 e. The molecule has 29 heavy (non-hydrogen) atoms. The van der Waals surface area contributed by atoms with Crippen LogP contribution in [0, 0.1) is 0 Å². The van der Waals surface area contributed by atoms with Crippen LogP contribution in [0.3, 0.4) is 0 Å². The van der Waals surface area contributed by atoms with Crippen LogP contribution in [-0.4, -0.2) is 35.6 Å². The van der Waals surface area contributed by atoms with Gasteiger partial charge in [0, 0.05) is 42.0 Å². The van der Waals surface area contributed by atoms with Gasteiger partial charge in [-0.2, -0.15) is 0 Å². The predicted octanol–water partition coefficient (Wildman–Crippen LogP) is 3.38. The van der Waals surface area contributed by atoms with Crippen LogP contribution < -0.4 is 5.32 Å². The number of anilines is 1. The summed E-state index contributed by atoms with van der Waals surface area (Å²) >= 11 is 0. The Bertz CT molecular complexity index is 1170. The van der Waals surface area contributed by atoms with Crippen LogP contribution in [-0.2, 0) is 0 Å². The zero-order valence-corrected chi connectivity index (χ0v) is 15.4. The first-order chi connectivity index (χ1) is 14.3. The fourth-order valence-corrected chi connectivity index (χ4v) is 3.16. The highest BCUT2D eigenvalue weighted by Crippen LogP contribution is 2.37. The lowest BCUT2D eigenvalue weighted by molar-refractivity contribution is 0.102. The molecule has 0 saturated heterocycles. The number of nitrogens with zero attached hydrogens (tertiary/aromatic N) is 6. The molecule has 0 radical (unpaired) electrons. The molecule has 1 N–H and O–H groups in total. The summed E-state index contributed by atoms with van der Waals surface area (Å²) in [6.45, 7) is 0. The largest absolute Gasteiger partial charge is 0.310 e. The summed E-state index contributed by atoms with van der Waals surface area (Å²) in [4.78, 5) is 25.3. The summed E-state index contributed by atoms with van der Waals surface area (Å²) in [6, 6.07) is 11.5. The standard InChI is InChI=1S/C21H17N7O/c29-21(18-10-14(5-8-23-18)16-2-1-7-22-12-16)26-19-11-15(6-9-24-19)20-27-25-13-28(20)17-3-4-17/h1-2,5-13,17H,3-4H2,(H,24,26,29). The fourth-order valence-electron chi connectivity index (χ4n) is 3.16. The number of nitrogens with one attached hydrogen (secondary N) is 1. The van der Waals surface area contributed by atoms with Gasteiger partial charge in [-0.25, -0.2) is 4.98 Å². The number of hydrogen-bond donors (Lipinski definition) is 1. The molecule has 0 spiro atoms. The van der Waals surface area contributed by atoms with Crippen molar-refractivity contribution in [3.8, 4) is 22.5 Å². The van der Waals surface area contributed by atoms with Crippen molar-refractivity contribution in [3.63, 3.8) is 0 Å². The normalized spacial score (nSPS) is 13.2. The highest BCUT2D eigenvalue weighted by Gasteiger charge is 2.26. The van der Waals surface area contributed by atoms with Gasteiger partial charge >= 0.3 is 0 Å². The minimum absolute atomic E-state index is 0.305. The molecule has 1 amide bonds. The molecule has 8 heteroatoms. The van der Waals surface area contributed by atoms with E-state index in [0.717, 1.165) is 35.4 Å². The Balaban J connectivity index is 1.38. The van der Waals surface area contributed by atoms with Crippen LogP contribution in [0.2, 0.25) is 0 Å². The van der Waals surface area contributed by atoms with Gasteiger partial charge in [0.1, 0.15) is 17.8 Å². The molecule has 8 nitrogen and oxygen atoms in total. The van der Waals surface area contributed by atoms with Crippen LogP contribution in [0.1, 0.15) is 29.4 Å². The molecule has 1 fully saturated rings. The summed E-state index contributed by atoms with van der Waals surface area (Å²) in [5.74, 6) is 0.887. The van der Waals surface area contributed by atoms with Crippen LogP contribution in [0.5, 0.6) is 0 Å². The van der Waals surface area contributed by atoms with Gasteiger partial charge in [-0.05, 0) is 48.7 Å². The van der Waals surface area contributed by atoms with Crippen molar-refractivity contribution in [2.24, 2.45) is 0 Å². The molecular formula is C21H17N7O. The summed E-state index contributed by atoms with van der Waals surface area (Å²) < 4.78 is 2.07. The Hall–Kier alpha value is -3.94. The van der Waals surface area contributed by atoms with Gasteiger partial charge in [0.2, 0.25) is 0 Å². The first kappa shape index (κ1) is 17.2. The van der Waals surface area contributed by atoms with E-state index in [-0.39, 0.29) is 5.91 Å². The summed E-state index contributed by atoms with van der Waals surface area (Å²) in [6.07, 6.45) is 10.7. The molecule has 4 aromatic rings. The third-order valence-corrected chi connectivity index (χ3v) is 4.76. The molecule has 5 rings (SSSR count). The van der Waals surface area contributed by atoms with Crippen LogP contribution in [0.4, 0.5) is 5.82 Å². The van der Waals surface area contributed by atoms with Crippen molar-refractivity contribution in [3.05, 3.63) is 73.2 Å². The summed E-state index contributed by atoms with van der Waals surface area (Å²) in [5, 5.41) is 11.1. The Morgan fingerprint density at radius 2 is 1.86 bits per heavy atom. The molecule has 0 atom stereocenters. The molecule has 0 aromatic carbocycles. The first-order valence-corrected chi connectivity index (χ1v) is 9.32. The lowest BCUT2D eigenvalue weighted by atomic mass is 10.1. The van der Waals surface area contributed by atoms with Gasteiger partial charge in [0.25, 0.3) is 5.91 Å². The third kappa shape index (κ3) is 3.60. The maximum atomic E-state index is 12.7. The number of rotatable bonds is 5. The quantitative estimate of drug-likeness (QED) is 0.567. The maximum Gasteiger partial charge on any atom is 0.275 e. The van der Waals surface area contributed by atoms with Gasteiger partial charge in [-0.3, -0.25) is 14.8 Å². The zero-order valence-electron chi connectivity index (χ0n) is 15.4. The van der Waals surface area contributed by atoms with Crippen LogP contribution >= 0.6 is 0 Å². The molecule has 1 saturated carbocycles. The highest BCUT2D eigenvalue weighted by molar-refractivity contribution is 6.03. The fraction of sp³-hybridized carbons (Fsp3) is 0.143. The highest BCUT2D eigenvalue weighted by atomic mass is 16.1. The van der Waals surface area contributed by atoms with Crippen LogP contribution in [0.25, 0.3) is 22.5 Å². The molecule has 4 heterocycles. The van der Waals surface area contributed by atoms with Gasteiger partial charge < -0.3 is 9.88 Å². The number of pyridine rings is 3. The van der Waals surface area contributed by atoms with E-state index in [1.54, 1.807) is 43.2 Å². The molecular weight excluding hydrogens is 366 g/mol. The lowest BCUT2D eigenvalue weighted by Gasteiger charge is -2.08. The van der Waals surface area contributed by atoms with E-state index in [2.05, 4.69) is 35.0 Å². The zero-order chi connectivity index (χ0) is 19.6. The minimum Gasteiger partial charge on any atom is -0.310 e. The lowest BCUT2D eigenvalue weighted by Crippen LogP contribution is -2.14. The molecule has 1 aliphatic carbocycles. The Morgan fingerprint density at radius 1 is 1.00 bits per heavy atom. The second kappa shape index (κ2) is 7.23. The molecule has 0 aliphatic heterocycles. The van der Waals surface area contributed by atoms with Crippen LogP contribution in [0.15, 0.2) is 67.5 Å². The molecule has 142 valence electrons. The SMILES string of the molecule is O=C(Nc1cc(-c2nncn2C2CC2)ccn1)c1cc(-c2cccnc2)ccn1. The molecule has 0 bridgehead atoms. The number of aromatic nitrogens is 6. The number of hydrogen-bond acceptors (Lipinski definition) is 6. The van der Waals surface area contributed by atoms with E-state index in [0.29, 0.717) is 17.6 Å². The van der Waals surface area contributed by atoms with E-state index in [1.165, 1.54) is 0 Å². The maximum absolute atomic E-state index is 12.7. The van der Waals surface area contributed by atoms with E-state index in [4.69, 9.17) is 0 Å². The molecule has 4 aromatic heterocycles. The third-order valence-electron chi connectivity index (χ3n) is 4.76. The first-order valence-electron chi connectivity index (χ1n) is 9.32. The number of carbonyl (C=O) groups excluding carboxylic acids is 1. The van der Waals surface area contributed by atoms with Gasteiger partial charge in [-0.15, -0.1) is 10.2 Å². The Morgan fingerprint density at radius 3 is 2.69 bits per heavy atom. The summed E-state index contributed by atoms with van der Waals surface area (Å²) in [5.41, 5.74) is 2.96. The second-order valence-electron chi connectivity index (χ2n) is 6.85. The Labute approximate surface area is 166 Å². The van der Waals surface area contributed by atoms with E-state index in [1.807, 2.05) is 24.3 Å². The average Bonchev–Trinajstić information content (AvgIpc) is 3.50. The van der Waals surface area contributed by atoms with Crippen molar-refractivity contribution in [1.29, 1.82) is 0 Å². The van der Waals surface area contributed by atoms with E-state index < -0.39 is 0 Å². The van der Waals surface area contributed by atoms with E-state index >= 15 is 0 Å². The van der Waals surface area contributed by atoms with Gasteiger partial charge in [0.15, 0.2) is 5.82 Å². The minimum atomic E-state index is -0.330. The average molecular weight is 383 g/mol. The topological polar surface area (TPSA) is 98.5 Å². The van der Waals surface area contributed by atoms with Crippen molar-refractivity contribution in [2.45, 2.75) is 18.9 Å².